The van der Waals surface area contributed by atoms with Crippen LogP contribution in [0.4, 0.5) is 0 Å². The van der Waals surface area contributed by atoms with E-state index in [4.69, 9.17) is 21.4 Å². The summed E-state index contributed by atoms with van der Waals surface area (Å²) in [6.07, 6.45) is 0. The summed E-state index contributed by atoms with van der Waals surface area (Å²) in [6, 6.07) is 3.88. The van der Waals surface area contributed by atoms with Gasteiger partial charge in [-0.1, -0.05) is 18.5 Å². The minimum absolute atomic E-state index is 0.0993. The van der Waals surface area contributed by atoms with Gasteiger partial charge in [0.2, 0.25) is 0 Å². The number of carbonyl (C=O) groups is 2. The monoisotopic (exact) mass is 317 g/mol. The number of thioether (sulfide) groups is 1. The Morgan fingerprint density at radius 3 is 2.75 bits per heavy atom. The van der Waals surface area contributed by atoms with Crippen LogP contribution in [0.5, 0.6) is 0 Å². The molecule has 110 valence electrons. The van der Waals surface area contributed by atoms with E-state index in [9.17, 15) is 9.59 Å². The Morgan fingerprint density at radius 2 is 2.20 bits per heavy atom. The second kappa shape index (κ2) is 8.14. The SMILES string of the molecule is CCSc1ccc(Cl)cc1C(=O)NC(COC)C(=O)O. The molecular weight excluding hydrogens is 302 g/mol. The summed E-state index contributed by atoms with van der Waals surface area (Å²) >= 11 is 7.38. The Bertz CT molecular complexity index is 495. The zero-order valence-electron chi connectivity index (χ0n) is 11.2. The fourth-order valence-corrected chi connectivity index (χ4v) is 2.49. The lowest BCUT2D eigenvalue weighted by Gasteiger charge is -2.15. The van der Waals surface area contributed by atoms with Crippen LogP contribution in [-0.2, 0) is 9.53 Å². The van der Waals surface area contributed by atoms with E-state index in [-0.39, 0.29) is 6.61 Å². The largest absolute Gasteiger partial charge is 0.480 e. The van der Waals surface area contributed by atoms with Gasteiger partial charge in [0.1, 0.15) is 0 Å². The van der Waals surface area contributed by atoms with Crippen molar-refractivity contribution in [2.75, 3.05) is 19.5 Å². The first-order valence-corrected chi connectivity index (χ1v) is 7.30. The van der Waals surface area contributed by atoms with Crippen LogP contribution in [0, 0.1) is 0 Å². The van der Waals surface area contributed by atoms with Crippen molar-refractivity contribution in [1.82, 2.24) is 5.32 Å². The standard InChI is InChI=1S/C13H16ClNO4S/c1-3-20-11-5-4-8(14)6-9(11)12(16)15-10(7-19-2)13(17)18/h4-6,10H,3,7H2,1-2H3,(H,15,16)(H,17,18). The molecule has 1 rings (SSSR count). The van der Waals surface area contributed by atoms with Crippen LogP contribution in [0.15, 0.2) is 23.1 Å². The Labute approximate surface area is 126 Å². The number of carbonyl (C=O) groups excluding carboxylic acids is 1. The van der Waals surface area contributed by atoms with Crippen molar-refractivity contribution >= 4 is 35.2 Å². The molecule has 0 aliphatic rings. The zero-order valence-corrected chi connectivity index (χ0v) is 12.8. The fourth-order valence-electron chi connectivity index (χ4n) is 1.54. The van der Waals surface area contributed by atoms with Gasteiger partial charge in [-0.05, 0) is 24.0 Å². The molecule has 7 heteroatoms. The summed E-state index contributed by atoms with van der Waals surface area (Å²) < 4.78 is 4.78. The number of aliphatic carboxylic acids is 1. The maximum atomic E-state index is 12.2. The number of ether oxygens (including phenoxy) is 1. The lowest BCUT2D eigenvalue weighted by molar-refractivity contribution is -0.140. The molecule has 5 nitrogen and oxygen atoms in total. The molecule has 0 heterocycles. The Kier molecular flexibility index (Phi) is 6.84. The second-order valence-electron chi connectivity index (χ2n) is 3.89. The number of benzene rings is 1. The van der Waals surface area contributed by atoms with Crippen molar-refractivity contribution < 1.29 is 19.4 Å². The molecule has 1 aromatic carbocycles. The molecule has 0 spiro atoms. The van der Waals surface area contributed by atoms with Gasteiger partial charge < -0.3 is 15.2 Å². The van der Waals surface area contributed by atoms with Crippen molar-refractivity contribution in [3.05, 3.63) is 28.8 Å². The van der Waals surface area contributed by atoms with Gasteiger partial charge in [0, 0.05) is 17.0 Å². The van der Waals surface area contributed by atoms with E-state index in [1.807, 2.05) is 6.92 Å². The predicted molar refractivity (Wildman–Crippen MR) is 78.6 cm³/mol. The quantitative estimate of drug-likeness (QED) is 0.755. The van der Waals surface area contributed by atoms with Crippen LogP contribution in [0.25, 0.3) is 0 Å². The molecule has 1 atom stereocenters. The molecule has 1 amide bonds. The van der Waals surface area contributed by atoms with Crippen molar-refractivity contribution in [3.63, 3.8) is 0 Å². The van der Waals surface area contributed by atoms with Gasteiger partial charge in [-0.15, -0.1) is 11.8 Å². The molecule has 2 N–H and O–H groups in total. The molecule has 0 aliphatic carbocycles. The normalized spacial score (nSPS) is 11.9. The van der Waals surface area contributed by atoms with Crippen LogP contribution in [0.2, 0.25) is 5.02 Å². The van der Waals surface area contributed by atoms with Gasteiger partial charge in [-0.2, -0.15) is 0 Å². The van der Waals surface area contributed by atoms with Gasteiger partial charge in [0.15, 0.2) is 6.04 Å². The van der Waals surface area contributed by atoms with E-state index < -0.39 is 17.9 Å². The average Bonchev–Trinajstić information content (AvgIpc) is 2.40. The first kappa shape index (κ1) is 16.8. The third-order valence-electron chi connectivity index (χ3n) is 2.42. The first-order valence-electron chi connectivity index (χ1n) is 5.94. The number of amides is 1. The highest BCUT2D eigenvalue weighted by atomic mass is 35.5. The van der Waals surface area contributed by atoms with E-state index >= 15 is 0 Å². The summed E-state index contributed by atoms with van der Waals surface area (Å²) in [5.41, 5.74) is 0.367. The number of carboxylic acid groups (broad SMARTS) is 1. The van der Waals surface area contributed by atoms with Crippen LogP contribution in [-0.4, -0.2) is 42.5 Å². The first-order chi connectivity index (χ1) is 9.49. The summed E-state index contributed by atoms with van der Waals surface area (Å²) in [5.74, 6) is -0.831. The molecule has 0 aromatic heterocycles. The third kappa shape index (κ3) is 4.70. The molecule has 0 radical (unpaired) electrons. The number of halogens is 1. The van der Waals surface area contributed by atoms with Crippen LogP contribution in [0.1, 0.15) is 17.3 Å². The van der Waals surface area contributed by atoms with Gasteiger partial charge in [0.25, 0.3) is 5.91 Å². The second-order valence-corrected chi connectivity index (χ2v) is 5.64. The van der Waals surface area contributed by atoms with Crippen molar-refractivity contribution in [2.24, 2.45) is 0 Å². The molecule has 0 aliphatic heterocycles. The lowest BCUT2D eigenvalue weighted by atomic mass is 10.2. The summed E-state index contributed by atoms with van der Waals surface area (Å²) in [4.78, 5) is 23.9. The molecular formula is C13H16ClNO4S. The predicted octanol–water partition coefficient (Wildman–Crippen LogP) is 2.28. The average molecular weight is 318 g/mol. The molecule has 0 saturated heterocycles. The number of carboxylic acids is 1. The number of hydrogen-bond donors (Lipinski definition) is 2. The highest BCUT2D eigenvalue weighted by Gasteiger charge is 2.22. The highest BCUT2D eigenvalue weighted by Crippen LogP contribution is 2.25. The lowest BCUT2D eigenvalue weighted by Crippen LogP contribution is -2.43. The van der Waals surface area contributed by atoms with Gasteiger partial charge in [-0.25, -0.2) is 4.79 Å². The van der Waals surface area contributed by atoms with Crippen molar-refractivity contribution in [1.29, 1.82) is 0 Å². The molecule has 1 aromatic rings. The van der Waals surface area contributed by atoms with Gasteiger partial charge in [-0.3, -0.25) is 4.79 Å². The van der Waals surface area contributed by atoms with Crippen molar-refractivity contribution in [2.45, 2.75) is 17.9 Å². The van der Waals surface area contributed by atoms with E-state index in [0.29, 0.717) is 10.6 Å². The molecule has 0 fully saturated rings. The maximum absolute atomic E-state index is 12.2. The maximum Gasteiger partial charge on any atom is 0.328 e. The smallest absolute Gasteiger partial charge is 0.328 e. The topological polar surface area (TPSA) is 75.6 Å². The third-order valence-corrected chi connectivity index (χ3v) is 3.61. The fraction of sp³-hybridized carbons (Fsp3) is 0.385. The number of rotatable bonds is 7. The van der Waals surface area contributed by atoms with E-state index in [2.05, 4.69) is 5.32 Å². The van der Waals surface area contributed by atoms with Gasteiger partial charge >= 0.3 is 5.97 Å². The molecule has 0 bridgehead atoms. The van der Waals surface area contributed by atoms with E-state index in [1.54, 1.807) is 12.1 Å². The number of methoxy groups -OCH3 is 1. The van der Waals surface area contributed by atoms with Crippen LogP contribution in [0.3, 0.4) is 0 Å². The van der Waals surface area contributed by atoms with Crippen molar-refractivity contribution in [3.8, 4) is 0 Å². The van der Waals surface area contributed by atoms with Gasteiger partial charge in [0.05, 0.1) is 12.2 Å². The van der Waals surface area contributed by atoms with Crippen LogP contribution >= 0.6 is 23.4 Å². The number of hydrogen-bond acceptors (Lipinski definition) is 4. The molecule has 0 saturated carbocycles. The highest BCUT2D eigenvalue weighted by molar-refractivity contribution is 7.99. The molecule has 1 unspecified atom stereocenters. The van der Waals surface area contributed by atoms with E-state index in [1.165, 1.54) is 24.9 Å². The van der Waals surface area contributed by atoms with E-state index in [0.717, 1.165) is 10.6 Å². The molecule has 20 heavy (non-hydrogen) atoms. The minimum Gasteiger partial charge on any atom is -0.480 e. The minimum atomic E-state index is -1.15. The Hall–Kier alpha value is -1.24. The number of nitrogens with one attached hydrogen (secondary N) is 1. The van der Waals surface area contributed by atoms with Crippen LogP contribution < -0.4 is 5.32 Å². The summed E-state index contributed by atoms with van der Waals surface area (Å²) in [7, 11) is 1.37. The Balaban J connectivity index is 2.95. The summed E-state index contributed by atoms with van der Waals surface area (Å²) in [5, 5.41) is 11.9. The summed E-state index contributed by atoms with van der Waals surface area (Å²) in [6.45, 7) is 1.86. The zero-order chi connectivity index (χ0) is 15.1. The Morgan fingerprint density at radius 1 is 1.50 bits per heavy atom.